The highest BCUT2D eigenvalue weighted by Gasteiger charge is 2.14. The molecular weight excluding hydrogens is 333 g/mol. The number of aromatic nitrogens is 2. The molecule has 0 aliphatic rings. The van der Waals surface area contributed by atoms with E-state index >= 15 is 0 Å². The van der Waals surface area contributed by atoms with Crippen molar-refractivity contribution in [3.8, 4) is 22.8 Å². The molecule has 3 aromatic rings. The normalized spacial score (nSPS) is 10.8. The van der Waals surface area contributed by atoms with Crippen LogP contribution in [0.2, 0.25) is 15.1 Å². The van der Waals surface area contributed by atoms with Gasteiger partial charge in [0, 0.05) is 16.3 Å². The van der Waals surface area contributed by atoms with Gasteiger partial charge in [-0.3, -0.25) is 0 Å². The molecule has 0 aliphatic heterocycles. The van der Waals surface area contributed by atoms with Gasteiger partial charge in [-0.1, -0.05) is 40.0 Å². The van der Waals surface area contributed by atoms with Gasteiger partial charge in [0.1, 0.15) is 0 Å². The summed E-state index contributed by atoms with van der Waals surface area (Å²) >= 11 is 17.7. The number of nitrogens with two attached hydrogens (primary N) is 1. The minimum atomic E-state index is 0.310. The van der Waals surface area contributed by atoms with Crippen LogP contribution >= 0.6 is 34.8 Å². The van der Waals surface area contributed by atoms with Gasteiger partial charge in [-0.25, -0.2) is 0 Å². The van der Waals surface area contributed by atoms with Gasteiger partial charge in [0.25, 0.3) is 5.89 Å². The predicted molar refractivity (Wildman–Crippen MR) is 84.6 cm³/mol. The van der Waals surface area contributed by atoms with Crippen LogP contribution in [0.25, 0.3) is 22.8 Å². The number of rotatable bonds is 2. The van der Waals surface area contributed by atoms with Crippen LogP contribution in [0, 0.1) is 0 Å². The van der Waals surface area contributed by atoms with E-state index in [1.54, 1.807) is 36.4 Å². The zero-order valence-electron chi connectivity index (χ0n) is 10.5. The van der Waals surface area contributed by atoms with Crippen LogP contribution in [0.15, 0.2) is 40.9 Å². The fourth-order valence-electron chi connectivity index (χ4n) is 1.81. The Hall–Kier alpha value is -1.75. The lowest BCUT2D eigenvalue weighted by atomic mass is 10.2. The standard InChI is InChI=1S/C14H8Cl3N3O/c15-8-2-3-9(12(18)6-8)14-19-13(20-21-14)7-1-4-10(16)11(17)5-7/h1-6H,18H2. The Balaban J connectivity index is 2.01. The summed E-state index contributed by atoms with van der Waals surface area (Å²) in [5.74, 6) is 0.711. The van der Waals surface area contributed by atoms with Crippen LogP contribution in [0.1, 0.15) is 0 Å². The van der Waals surface area contributed by atoms with Gasteiger partial charge < -0.3 is 10.3 Å². The topological polar surface area (TPSA) is 64.9 Å². The third-order valence-corrected chi connectivity index (χ3v) is 3.82. The van der Waals surface area contributed by atoms with Crippen LogP contribution in [-0.4, -0.2) is 10.1 Å². The van der Waals surface area contributed by atoms with Crippen LogP contribution in [0.3, 0.4) is 0 Å². The van der Waals surface area contributed by atoms with Crippen molar-refractivity contribution in [2.75, 3.05) is 5.73 Å². The molecule has 2 N–H and O–H groups in total. The van der Waals surface area contributed by atoms with E-state index in [9.17, 15) is 0 Å². The molecule has 21 heavy (non-hydrogen) atoms. The van der Waals surface area contributed by atoms with Gasteiger partial charge in [0.15, 0.2) is 0 Å². The number of anilines is 1. The first-order valence-electron chi connectivity index (χ1n) is 5.89. The monoisotopic (exact) mass is 339 g/mol. The number of nitrogens with zero attached hydrogens (tertiary/aromatic N) is 2. The third-order valence-electron chi connectivity index (χ3n) is 2.85. The van der Waals surface area contributed by atoms with Gasteiger partial charge in [-0.15, -0.1) is 0 Å². The van der Waals surface area contributed by atoms with Crippen molar-refractivity contribution in [1.82, 2.24) is 10.1 Å². The lowest BCUT2D eigenvalue weighted by molar-refractivity contribution is 0.432. The molecule has 106 valence electrons. The van der Waals surface area contributed by atoms with E-state index in [1.165, 1.54) is 0 Å². The maximum Gasteiger partial charge on any atom is 0.260 e. The Morgan fingerprint density at radius 3 is 2.48 bits per heavy atom. The molecule has 7 heteroatoms. The summed E-state index contributed by atoms with van der Waals surface area (Å²) < 4.78 is 5.24. The highest BCUT2D eigenvalue weighted by Crippen LogP contribution is 2.31. The second kappa shape index (κ2) is 5.56. The van der Waals surface area contributed by atoms with Crippen LogP contribution in [-0.2, 0) is 0 Å². The van der Waals surface area contributed by atoms with E-state index in [0.29, 0.717) is 43.6 Å². The molecule has 0 saturated heterocycles. The maximum absolute atomic E-state index is 5.98. The molecule has 0 bridgehead atoms. The summed E-state index contributed by atoms with van der Waals surface area (Å²) in [6, 6.07) is 10.2. The Morgan fingerprint density at radius 2 is 1.76 bits per heavy atom. The zero-order valence-corrected chi connectivity index (χ0v) is 12.7. The SMILES string of the molecule is Nc1cc(Cl)ccc1-c1nc(-c2ccc(Cl)c(Cl)c2)no1. The predicted octanol–water partition coefficient (Wildman–Crippen LogP) is 4.95. The quantitative estimate of drug-likeness (QED) is 0.671. The van der Waals surface area contributed by atoms with Crippen LogP contribution < -0.4 is 5.73 Å². The largest absolute Gasteiger partial charge is 0.398 e. The van der Waals surface area contributed by atoms with E-state index in [2.05, 4.69) is 10.1 Å². The Labute approximate surface area is 135 Å². The highest BCUT2D eigenvalue weighted by molar-refractivity contribution is 6.42. The van der Waals surface area contributed by atoms with Crippen molar-refractivity contribution >= 4 is 40.5 Å². The molecule has 2 aromatic carbocycles. The van der Waals surface area contributed by atoms with Gasteiger partial charge in [-0.05, 0) is 36.4 Å². The summed E-state index contributed by atoms with van der Waals surface area (Å²) in [5.41, 5.74) is 7.68. The van der Waals surface area contributed by atoms with Crippen LogP contribution in [0.5, 0.6) is 0 Å². The summed E-state index contributed by atoms with van der Waals surface area (Å²) in [6.07, 6.45) is 0. The van der Waals surface area contributed by atoms with Gasteiger partial charge in [-0.2, -0.15) is 4.98 Å². The highest BCUT2D eigenvalue weighted by atomic mass is 35.5. The summed E-state index contributed by atoms with van der Waals surface area (Å²) in [4.78, 5) is 4.31. The van der Waals surface area contributed by atoms with Crippen molar-refractivity contribution in [3.05, 3.63) is 51.5 Å². The lowest BCUT2D eigenvalue weighted by Gasteiger charge is -2.00. The molecule has 0 spiro atoms. The molecule has 0 amide bonds. The average molecular weight is 341 g/mol. The van der Waals surface area contributed by atoms with Gasteiger partial charge in [0.05, 0.1) is 15.6 Å². The Bertz CT molecular complexity index is 817. The minimum absolute atomic E-state index is 0.310. The zero-order chi connectivity index (χ0) is 15.0. The second-order valence-corrected chi connectivity index (χ2v) is 5.53. The molecule has 0 aliphatic carbocycles. The molecule has 0 saturated carbocycles. The summed E-state index contributed by atoms with van der Waals surface area (Å²) in [6.45, 7) is 0. The smallest absolute Gasteiger partial charge is 0.260 e. The molecule has 0 fully saturated rings. The number of benzene rings is 2. The van der Waals surface area contributed by atoms with Crippen LogP contribution in [0.4, 0.5) is 5.69 Å². The fourth-order valence-corrected chi connectivity index (χ4v) is 2.29. The van der Waals surface area contributed by atoms with Crippen molar-refractivity contribution < 1.29 is 4.52 Å². The Kier molecular flexibility index (Phi) is 3.76. The van der Waals surface area contributed by atoms with Crippen molar-refractivity contribution in [1.29, 1.82) is 0 Å². The first-order valence-corrected chi connectivity index (χ1v) is 7.02. The molecule has 0 radical (unpaired) electrons. The molecule has 1 heterocycles. The maximum atomic E-state index is 5.98. The van der Waals surface area contributed by atoms with Gasteiger partial charge >= 0.3 is 0 Å². The van der Waals surface area contributed by atoms with E-state index < -0.39 is 0 Å². The number of hydrogen-bond donors (Lipinski definition) is 1. The van der Waals surface area contributed by atoms with E-state index in [1.807, 2.05) is 0 Å². The number of halogens is 3. The van der Waals surface area contributed by atoms with E-state index in [-0.39, 0.29) is 0 Å². The van der Waals surface area contributed by atoms with E-state index in [4.69, 9.17) is 45.1 Å². The first kappa shape index (κ1) is 14.2. The average Bonchev–Trinajstić information content (AvgIpc) is 2.91. The summed E-state index contributed by atoms with van der Waals surface area (Å²) in [5, 5.41) is 5.35. The molecular formula is C14H8Cl3N3O. The molecule has 4 nitrogen and oxygen atoms in total. The van der Waals surface area contributed by atoms with Crippen molar-refractivity contribution in [2.45, 2.75) is 0 Å². The minimum Gasteiger partial charge on any atom is -0.398 e. The molecule has 0 unspecified atom stereocenters. The molecule has 3 rings (SSSR count). The van der Waals surface area contributed by atoms with E-state index in [0.717, 1.165) is 0 Å². The van der Waals surface area contributed by atoms with Crippen molar-refractivity contribution in [3.63, 3.8) is 0 Å². The third kappa shape index (κ3) is 2.83. The molecule has 0 atom stereocenters. The number of nitrogen functional groups attached to an aromatic ring is 1. The number of hydrogen-bond acceptors (Lipinski definition) is 4. The van der Waals surface area contributed by atoms with Crippen molar-refractivity contribution in [2.24, 2.45) is 0 Å². The summed E-state index contributed by atoms with van der Waals surface area (Å²) in [7, 11) is 0. The first-order chi connectivity index (χ1) is 10.0. The molecule has 1 aromatic heterocycles. The fraction of sp³-hybridized carbons (Fsp3) is 0. The lowest BCUT2D eigenvalue weighted by Crippen LogP contribution is -1.90. The second-order valence-electron chi connectivity index (χ2n) is 4.28. The Morgan fingerprint density at radius 1 is 0.952 bits per heavy atom. The van der Waals surface area contributed by atoms with Gasteiger partial charge in [0.2, 0.25) is 5.82 Å².